The molecule has 0 saturated carbocycles. The Morgan fingerprint density at radius 2 is 2.15 bits per heavy atom. The van der Waals surface area contributed by atoms with Crippen molar-refractivity contribution in [1.82, 2.24) is 4.98 Å². The summed E-state index contributed by atoms with van der Waals surface area (Å²) >= 11 is 4.52. The highest BCUT2D eigenvalue weighted by Gasteiger charge is 2.38. The van der Waals surface area contributed by atoms with E-state index in [-0.39, 0.29) is 11.7 Å². The van der Waals surface area contributed by atoms with Crippen LogP contribution in [0.2, 0.25) is 0 Å². The topological polar surface area (TPSA) is 75.1 Å². The van der Waals surface area contributed by atoms with Crippen molar-refractivity contribution in [3.8, 4) is 11.3 Å². The fourth-order valence-electron chi connectivity index (χ4n) is 2.97. The number of nitrogen functional groups attached to an aromatic ring is 1. The van der Waals surface area contributed by atoms with Gasteiger partial charge in [0.1, 0.15) is 16.7 Å². The molecule has 136 valence electrons. The number of benzene rings is 1. The van der Waals surface area contributed by atoms with Crippen molar-refractivity contribution in [2.75, 3.05) is 6.26 Å². The summed E-state index contributed by atoms with van der Waals surface area (Å²) in [6.45, 7) is 0. The first kappa shape index (κ1) is 18.1. The maximum atomic E-state index is 14.5. The molecule has 1 atom stereocenters. The number of hydrogen-bond acceptors (Lipinski definition) is 6. The van der Waals surface area contributed by atoms with Crippen molar-refractivity contribution in [2.45, 2.75) is 9.75 Å². The molecule has 3 aromatic rings. The molecule has 2 aromatic heterocycles. The van der Waals surface area contributed by atoms with Crippen LogP contribution in [0, 0.1) is 11.2 Å². The molecule has 27 heavy (non-hydrogen) atoms. The third-order valence-corrected chi connectivity index (χ3v) is 7.51. The highest BCUT2D eigenvalue weighted by Crippen LogP contribution is 2.43. The van der Waals surface area contributed by atoms with Crippen LogP contribution in [0.1, 0.15) is 15.4 Å². The van der Waals surface area contributed by atoms with Gasteiger partial charge in [-0.1, -0.05) is 18.2 Å². The highest BCUT2D eigenvalue weighted by molar-refractivity contribution is 8.00. The number of hydrogen-bond donors (Lipinski definition) is 2. The molecule has 0 aliphatic carbocycles. The number of nitrogens with zero attached hydrogens (tertiary/aromatic N) is 2. The van der Waals surface area contributed by atoms with Crippen LogP contribution in [-0.2, 0) is 5.54 Å². The zero-order valence-corrected chi connectivity index (χ0v) is 16.7. The lowest BCUT2D eigenvalue weighted by molar-refractivity contribution is 0.568. The average Bonchev–Trinajstić information content (AvgIpc) is 3.40. The SMILES string of the molecule is CSc1sc(C(=N)N)cc1-c1csc(C2(c3ccccc3F)C=CC=N2)n1. The molecule has 4 nitrogen and oxygen atoms in total. The summed E-state index contributed by atoms with van der Waals surface area (Å²) in [5.74, 6) is -0.264. The van der Waals surface area contributed by atoms with Crippen LogP contribution >= 0.6 is 34.4 Å². The van der Waals surface area contributed by atoms with Crippen molar-refractivity contribution in [1.29, 1.82) is 5.41 Å². The van der Waals surface area contributed by atoms with Gasteiger partial charge in [0.05, 0.1) is 14.8 Å². The van der Waals surface area contributed by atoms with Crippen molar-refractivity contribution in [3.05, 3.63) is 69.1 Å². The van der Waals surface area contributed by atoms with E-state index in [9.17, 15) is 4.39 Å². The van der Waals surface area contributed by atoms with Gasteiger partial charge in [0.15, 0.2) is 5.54 Å². The first-order chi connectivity index (χ1) is 13.0. The molecule has 0 fully saturated rings. The van der Waals surface area contributed by atoms with Gasteiger partial charge in [-0.3, -0.25) is 10.4 Å². The maximum Gasteiger partial charge on any atom is 0.158 e. The normalized spacial score (nSPS) is 18.3. The largest absolute Gasteiger partial charge is 0.383 e. The average molecular weight is 415 g/mol. The predicted molar refractivity (Wildman–Crippen MR) is 113 cm³/mol. The smallest absolute Gasteiger partial charge is 0.158 e. The van der Waals surface area contributed by atoms with Gasteiger partial charge < -0.3 is 5.73 Å². The number of allylic oxidation sites excluding steroid dienone is 1. The summed E-state index contributed by atoms with van der Waals surface area (Å²) in [5.41, 5.74) is 6.91. The number of thioether (sulfide) groups is 1. The van der Waals surface area contributed by atoms with Gasteiger partial charge in [0.25, 0.3) is 0 Å². The fraction of sp³-hybridized carbons (Fsp3) is 0.105. The Balaban J connectivity index is 1.83. The molecule has 1 aliphatic heterocycles. The molecule has 1 unspecified atom stereocenters. The van der Waals surface area contributed by atoms with E-state index in [2.05, 4.69) is 4.99 Å². The van der Waals surface area contributed by atoms with Crippen LogP contribution in [-0.4, -0.2) is 23.3 Å². The van der Waals surface area contributed by atoms with Gasteiger partial charge in [0, 0.05) is 22.7 Å². The molecule has 0 radical (unpaired) electrons. The molecule has 3 heterocycles. The Morgan fingerprint density at radius 3 is 2.81 bits per heavy atom. The van der Waals surface area contributed by atoms with Crippen LogP contribution in [0.25, 0.3) is 11.3 Å². The molecule has 3 N–H and O–H groups in total. The van der Waals surface area contributed by atoms with Gasteiger partial charge in [-0.05, 0) is 30.5 Å². The van der Waals surface area contributed by atoms with Crippen LogP contribution in [0.15, 0.2) is 57.1 Å². The molecule has 0 saturated heterocycles. The second-order valence-electron chi connectivity index (χ2n) is 5.85. The lowest BCUT2D eigenvalue weighted by atomic mass is 9.91. The Kier molecular flexibility index (Phi) is 4.71. The number of nitrogens with two attached hydrogens (primary N) is 1. The zero-order valence-electron chi connectivity index (χ0n) is 14.3. The quantitative estimate of drug-likeness (QED) is 0.354. The van der Waals surface area contributed by atoms with Crippen molar-refractivity contribution >= 4 is 46.5 Å². The van der Waals surface area contributed by atoms with Crippen molar-refractivity contribution in [3.63, 3.8) is 0 Å². The third-order valence-electron chi connectivity index (χ3n) is 4.24. The predicted octanol–water partition coefficient (Wildman–Crippen LogP) is 4.90. The lowest BCUT2D eigenvalue weighted by Gasteiger charge is -2.22. The summed E-state index contributed by atoms with van der Waals surface area (Å²) in [6, 6.07) is 8.55. The number of aromatic nitrogens is 1. The minimum atomic E-state index is -0.937. The highest BCUT2D eigenvalue weighted by atomic mass is 32.2. The van der Waals surface area contributed by atoms with Gasteiger partial charge >= 0.3 is 0 Å². The van der Waals surface area contributed by atoms with Crippen LogP contribution in [0.5, 0.6) is 0 Å². The Hall–Kier alpha value is -2.29. The molecule has 1 aromatic carbocycles. The summed E-state index contributed by atoms with van der Waals surface area (Å²) in [6.07, 6.45) is 7.36. The lowest BCUT2D eigenvalue weighted by Crippen LogP contribution is -2.22. The molecular weight excluding hydrogens is 399 g/mol. The first-order valence-electron chi connectivity index (χ1n) is 8.02. The molecule has 4 rings (SSSR count). The van der Waals surface area contributed by atoms with Crippen LogP contribution in [0.3, 0.4) is 0 Å². The van der Waals surface area contributed by atoms with Gasteiger partial charge in [0.2, 0.25) is 0 Å². The van der Waals surface area contributed by atoms with E-state index in [1.165, 1.54) is 28.7 Å². The molecular formula is C19H15FN4S3. The monoisotopic (exact) mass is 414 g/mol. The molecule has 1 aliphatic rings. The summed E-state index contributed by atoms with van der Waals surface area (Å²) < 4.78 is 15.6. The van der Waals surface area contributed by atoms with E-state index in [0.717, 1.165) is 15.5 Å². The number of amidine groups is 1. The maximum absolute atomic E-state index is 14.5. The minimum absolute atomic E-state index is 0.0446. The fourth-order valence-corrected chi connectivity index (χ4v) is 5.68. The van der Waals surface area contributed by atoms with E-state index < -0.39 is 5.54 Å². The molecule has 8 heteroatoms. The van der Waals surface area contributed by atoms with E-state index in [0.29, 0.717) is 15.4 Å². The third kappa shape index (κ3) is 3.03. The summed E-state index contributed by atoms with van der Waals surface area (Å²) in [5, 5.41) is 10.3. The van der Waals surface area contributed by atoms with Crippen molar-refractivity contribution < 1.29 is 4.39 Å². The Bertz CT molecular complexity index is 1070. The Morgan fingerprint density at radius 1 is 1.33 bits per heavy atom. The summed E-state index contributed by atoms with van der Waals surface area (Å²) in [7, 11) is 0. The number of nitrogens with one attached hydrogen (secondary N) is 1. The van der Waals surface area contributed by atoms with Crippen LogP contribution < -0.4 is 5.73 Å². The number of halogens is 1. The van der Waals surface area contributed by atoms with E-state index in [1.54, 1.807) is 36.2 Å². The van der Waals surface area contributed by atoms with E-state index in [1.807, 2.05) is 29.9 Å². The molecule has 0 spiro atoms. The van der Waals surface area contributed by atoms with Crippen LogP contribution in [0.4, 0.5) is 4.39 Å². The van der Waals surface area contributed by atoms with E-state index in [4.69, 9.17) is 16.1 Å². The number of thiazole rings is 1. The molecule has 0 bridgehead atoms. The van der Waals surface area contributed by atoms with E-state index >= 15 is 0 Å². The van der Waals surface area contributed by atoms with Crippen molar-refractivity contribution in [2.24, 2.45) is 10.7 Å². The minimum Gasteiger partial charge on any atom is -0.383 e. The second-order valence-corrected chi connectivity index (χ2v) is 8.84. The van der Waals surface area contributed by atoms with Gasteiger partial charge in [-0.25, -0.2) is 9.37 Å². The standard InChI is InChI=1S/C19H15FN4S3/c1-25-17-11(9-15(27-17)16(21)22)14-10-26-18(24-14)19(7-4-8-23-19)12-5-2-3-6-13(12)20/h2-10H,1H3,(H3,21,22). The zero-order chi connectivity index (χ0) is 19.0. The molecule has 0 amide bonds. The van der Waals surface area contributed by atoms with Gasteiger partial charge in [-0.15, -0.1) is 34.4 Å². The number of rotatable bonds is 5. The van der Waals surface area contributed by atoms with Gasteiger partial charge in [-0.2, -0.15) is 0 Å². The second kappa shape index (κ2) is 7.03. The first-order valence-corrected chi connectivity index (χ1v) is 10.9. The number of aliphatic imine (C=N–C) groups is 1. The summed E-state index contributed by atoms with van der Waals surface area (Å²) in [4.78, 5) is 10.1. The Labute approximate surface area is 168 Å². The number of thiophene rings is 1.